The molecule has 0 aliphatic rings. The first kappa shape index (κ1) is 14.2. The van der Waals surface area contributed by atoms with Crippen LogP contribution in [0.2, 0.25) is 0 Å². The summed E-state index contributed by atoms with van der Waals surface area (Å²) in [7, 11) is 0. The van der Waals surface area contributed by atoms with Crippen molar-refractivity contribution in [2.24, 2.45) is 0 Å². The zero-order chi connectivity index (χ0) is 12.3. The Balaban J connectivity index is 2.19. The molecule has 0 amide bonds. The Morgan fingerprint density at radius 1 is 1.06 bits per heavy atom. The molecule has 0 aromatic heterocycles. The first-order valence-electron chi connectivity index (χ1n) is 6.63. The van der Waals surface area contributed by atoms with Crippen molar-refractivity contribution in [3.8, 4) is 0 Å². The highest BCUT2D eigenvalue weighted by atomic mass is 16.5. The van der Waals surface area contributed by atoms with Crippen molar-refractivity contribution in [3.63, 3.8) is 0 Å². The Bertz CT molecular complexity index is 297. The molecule has 1 aromatic rings. The van der Waals surface area contributed by atoms with Gasteiger partial charge in [0, 0.05) is 13.2 Å². The molecule has 1 N–H and O–H groups in total. The molecule has 0 atom stereocenters. The third-order valence-electron chi connectivity index (χ3n) is 2.82. The second-order valence-electron chi connectivity index (χ2n) is 4.36. The quantitative estimate of drug-likeness (QED) is 0.668. The lowest BCUT2D eigenvalue weighted by Crippen LogP contribution is -2.01. The fourth-order valence-electron chi connectivity index (χ4n) is 1.82. The van der Waals surface area contributed by atoms with Gasteiger partial charge in [0.05, 0.1) is 6.61 Å². The van der Waals surface area contributed by atoms with Gasteiger partial charge in [-0.3, -0.25) is 0 Å². The summed E-state index contributed by atoms with van der Waals surface area (Å²) in [6.45, 7) is 4.10. The molecule has 0 spiro atoms. The van der Waals surface area contributed by atoms with Crippen molar-refractivity contribution in [3.05, 3.63) is 35.4 Å². The maximum absolute atomic E-state index is 8.88. The van der Waals surface area contributed by atoms with E-state index in [1.807, 2.05) is 0 Å². The van der Waals surface area contributed by atoms with Crippen LogP contribution in [0.5, 0.6) is 0 Å². The minimum Gasteiger partial charge on any atom is -0.396 e. The average Bonchev–Trinajstić information content (AvgIpc) is 2.35. The first-order valence-corrected chi connectivity index (χ1v) is 6.63. The first-order chi connectivity index (χ1) is 8.36. The number of ether oxygens (including phenoxy) is 1. The molecule has 0 heterocycles. The standard InChI is InChI=1S/C15H24O2/c1-2-3-4-11-17-12-9-15-7-5-6-14(13-15)8-10-16/h5-7,13,16H,2-4,8-12H2,1H3. The van der Waals surface area contributed by atoms with Gasteiger partial charge in [0.2, 0.25) is 0 Å². The summed E-state index contributed by atoms with van der Waals surface area (Å²) in [6.07, 6.45) is 5.37. The highest BCUT2D eigenvalue weighted by Gasteiger charge is 1.96. The van der Waals surface area contributed by atoms with Gasteiger partial charge in [0.1, 0.15) is 0 Å². The topological polar surface area (TPSA) is 29.5 Å². The van der Waals surface area contributed by atoms with Crippen LogP contribution in [0.4, 0.5) is 0 Å². The lowest BCUT2D eigenvalue weighted by atomic mass is 10.1. The number of hydrogen-bond acceptors (Lipinski definition) is 2. The molecule has 1 rings (SSSR count). The van der Waals surface area contributed by atoms with Crippen LogP contribution in [0.3, 0.4) is 0 Å². The van der Waals surface area contributed by atoms with E-state index in [0.29, 0.717) is 0 Å². The Hall–Kier alpha value is -0.860. The number of rotatable bonds is 9. The van der Waals surface area contributed by atoms with Crippen molar-refractivity contribution >= 4 is 0 Å². The van der Waals surface area contributed by atoms with Gasteiger partial charge in [-0.2, -0.15) is 0 Å². The number of unbranched alkanes of at least 4 members (excludes halogenated alkanes) is 2. The lowest BCUT2D eigenvalue weighted by Gasteiger charge is -2.05. The molecule has 1 aromatic carbocycles. The van der Waals surface area contributed by atoms with E-state index in [-0.39, 0.29) is 6.61 Å². The number of aliphatic hydroxyl groups excluding tert-OH is 1. The molecule has 2 heteroatoms. The summed E-state index contributed by atoms with van der Waals surface area (Å²) in [4.78, 5) is 0. The highest BCUT2D eigenvalue weighted by molar-refractivity contribution is 5.23. The summed E-state index contributed by atoms with van der Waals surface area (Å²) in [5.41, 5.74) is 2.50. The summed E-state index contributed by atoms with van der Waals surface area (Å²) >= 11 is 0. The third kappa shape index (κ3) is 6.44. The molecule has 0 bridgehead atoms. The van der Waals surface area contributed by atoms with Crippen molar-refractivity contribution in [2.45, 2.75) is 39.0 Å². The van der Waals surface area contributed by atoms with E-state index in [2.05, 4.69) is 31.2 Å². The maximum Gasteiger partial charge on any atom is 0.0506 e. The second-order valence-corrected chi connectivity index (χ2v) is 4.36. The molecule has 0 fully saturated rings. The highest BCUT2D eigenvalue weighted by Crippen LogP contribution is 2.07. The van der Waals surface area contributed by atoms with E-state index >= 15 is 0 Å². The number of hydrogen-bond donors (Lipinski definition) is 1. The Morgan fingerprint density at radius 3 is 2.53 bits per heavy atom. The molecular formula is C15H24O2. The Kier molecular flexibility index (Phi) is 7.69. The summed E-state index contributed by atoms with van der Waals surface area (Å²) in [5.74, 6) is 0. The van der Waals surface area contributed by atoms with Gasteiger partial charge in [-0.1, -0.05) is 44.0 Å². The van der Waals surface area contributed by atoms with Gasteiger partial charge in [-0.05, 0) is 30.4 Å². The predicted octanol–water partition coefficient (Wildman–Crippen LogP) is 2.97. The van der Waals surface area contributed by atoms with Crippen molar-refractivity contribution < 1.29 is 9.84 Å². The zero-order valence-electron chi connectivity index (χ0n) is 10.8. The van der Waals surface area contributed by atoms with Crippen molar-refractivity contribution in [1.82, 2.24) is 0 Å². The van der Waals surface area contributed by atoms with Crippen molar-refractivity contribution in [1.29, 1.82) is 0 Å². The van der Waals surface area contributed by atoms with E-state index in [4.69, 9.17) is 9.84 Å². The van der Waals surface area contributed by atoms with Crippen LogP contribution < -0.4 is 0 Å². The van der Waals surface area contributed by atoms with Crippen LogP contribution in [-0.4, -0.2) is 24.9 Å². The van der Waals surface area contributed by atoms with Gasteiger partial charge in [0.15, 0.2) is 0 Å². The monoisotopic (exact) mass is 236 g/mol. The van der Waals surface area contributed by atoms with Gasteiger partial charge in [-0.25, -0.2) is 0 Å². The fraction of sp³-hybridized carbons (Fsp3) is 0.600. The number of benzene rings is 1. The SMILES string of the molecule is CCCCCOCCc1cccc(CCO)c1. The minimum absolute atomic E-state index is 0.219. The molecule has 0 radical (unpaired) electrons. The average molecular weight is 236 g/mol. The van der Waals surface area contributed by atoms with Gasteiger partial charge >= 0.3 is 0 Å². The summed E-state index contributed by atoms with van der Waals surface area (Å²) < 4.78 is 5.59. The van der Waals surface area contributed by atoms with Crippen LogP contribution in [0, 0.1) is 0 Å². The van der Waals surface area contributed by atoms with Gasteiger partial charge in [0.25, 0.3) is 0 Å². The van der Waals surface area contributed by atoms with Crippen molar-refractivity contribution in [2.75, 3.05) is 19.8 Å². The maximum atomic E-state index is 8.88. The van der Waals surface area contributed by atoms with E-state index in [9.17, 15) is 0 Å². The Labute approximate surface area is 105 Å². The van der Waals surface area contributed by atoms with Gasteiger partial charge < -0.3 is 9.84 Å². The van der Waals surface area contributed by atoms with Crippen LogP contribution in [0.1, 0.15) is 37.3 Å². The number of aliphatic hydroxyl groups is 1. The van der Waals surface area contributed by atoms with E-state index < -0.39 is 0 Å². The molecular weight excluding hydrogens is 212 g/mol. The zero-order valence-corrected chi connectivity index (χ0v) is 10.8. The van der Waals surface area contributed by atoms with Crippen LogP contribution in [0.25, 0.3) is 0 Å². The molecule has 2 nitrogen and oxygen atoms in total. The van der Waals surface area contributed by atoms with E-state index in [1.165, 1.54) is 30.4 Å². The Morgan fingerprint density at radius 2 is 1.82 bits per heavy atom. The second kappa shape index (κ2) is 9.20. The van der Waals surface area contributed by atoms with Gasteiger partial charge in [-0.15, -0.1) is 0 Å². The normalized spacial score (nSPS) is 10.7. The summed E-state index contributed by atoms with van der Waals surface area (Å²) in [5, 5.41) is 8.88. The van der Waals surface area contributed by atoms with Crippen LogP contribution in [0.15, 0.2) is 24.3 Å². The largest absolute Gasteiger partial charge is 0.396 e. The predicted molar refractivity (Wildman–Crippen MR) is 71.3 cm³/mol. The van der Waals surface area contributed by atoms with Crippen LogP contribution in [-0.2, 0) is 17.6 Å². The fourth-order valence-corrected chi connectivity index (χ4v) is 1.82. The molecule has 0 saturated heterocycles. The van der Waals surface area contributed by atoms with E-state index in [1.54, 1.807) is 0 Å². The third-order valence-corrected chi connectivity index (χ3v) is 2.82. The molecule has 0 unspecified atom stereocenters. The van der Waals surface area contributed by atoms with E-state index in [0.717, 1.165) is 26.1 Å². The molecule has 0 aliphatic carbocycles. The lowest BCUT2D eigenvalue weighted by molar-refractivity contribution is 0.133. The molecule has 96 valence electrons. The molecule has 17 heavy (non-hydrogen) atoms. The molecule has 0 saturated carbocycles. The minimum atomic E-state index is 0.219. The smallest absolute Gasteiger partial charge is 0.0506 e. The van der Waals surface area contributed by atoms with Crippen LogP contribution >= 0.6 is 0 Å². The summed E-state index contributed by atoms with van der Waals surface area (Å²) in [6, 6.07) is 8.39. The molecule has 0 aliphatic heterocycles.